The van der Waals surface area contributed by atoms with Crippen molar-refractivity contribution >= 4 is 34.5 Å². The van der Waals surface area contributed by atoms with E-state index in [0.717, 1.165) is 29.0 Å². The van der Waals surface area contributed by atoms with Crippen LogP contribution >= 0.6 is 23.5 Å². The van der Waals surface area contributed by atoms with Crippen LogP contribution in [-0.2, 0) is 0 Å². The molecule has 3 rings (SSSR count). The van der Waals surface area contributed by atoms with Gasteiger partial charge in [-0.3, -0.25) is 0 Å². The monoisotopic (exact) mass is 339 g/mol. The Morgan fingerprint density at radius 2 is 1.73 bits per heavy atom. The normalized spacial score (nSPS) is 16.0. The van der Waals surface area contributed by atoms with Crippen molar-refractivity contribution in [2.75, 3.05) is 27.3 Å². The van der Waals surface area contributed by atoms with Crippen molar-refractivity contribution in [3.05, 3.63) is 17.4 Å². The Morgan fingerprint density at radius 3 is 2.41 bits per heavy atom. The molecule has 0 amide bonds. The first kappa shape index (κ1) is 15.6. The smallest absolute Gasteiger partial charge is 0.224 e. The molecule has 1 aromatic heterocycles. The van der Waals surface area contributed by atoms with E-state index in [0.29, 0.717) is 11.5 Å². The van der Waals surface area contributed by atoms with E-state index in [-0.39, 0.29) is 5.28 Å². The first-order chi connectivity index (χ1) is 10.7. The maximum absolute atomic E-state index is 6.08. The lowest BCUT2D eigenvalue weighted by Gasteiger charge is -2.25. The summed E-state index contributed by atoms with van der Waals surface area (Å²) in [5.74, 6) is 1.31. The third-order valence-electron chi connectivity index (χ3n) is 3.67. The largest absolute Gasteiger partial charge is 0.493 e. The van der Waals surface area contributed by atoms with Crippen LogP contribution in [0.1, 0.15) is 19.3 Å². The number of hydrogen-bond donors (Lipinski definition) is 0. The molecule has 0 bridgehead atoms. The van der Waals surface area contributed by atoms with Crippen molar-refractivity contribution in [2.45, 2.75) is 24.3 Å². The van der Waals surface area contributed by atoms with Gasteiger partial charge in [0.2, 0.25) is 5.28 Å². The van der Waals surface area contributed by atoms with E-state index in [1.807, 2.05) is 12.1 Å². The Labute approximate surface area is 139 Å². The van der Waals surface area contributed by atoms with E-state index in [1.54, 1.807) is 26.2 Å². The first-order valence-electron chi connectivity index (χ1n) is 7.23. The van der Waals surface area contributed by atoms with E-state index < -0.39 is 0 Å². The second-order valence-corrected chi connectivity index (χ2v) is 6.53. The van der Waals surface area contributed by atoms with Crippen molar-refractivity contribution in [2.24, 2.45) is 0 Å². The topological polar surface area (TPSA) is 47.5 Å². The SMILES string of the molecule is COc1cc2nc(Cl)nc(SN3CCCCC3)c2cc1OC. The molecule has 0 saturated carbocycles. The molecule has 1 fully saturated rings. The molecule has 1 aliphatic heterocycles. The predicted molar refractivity (Wildman–Crippen MR) is 88.9 cm³/mol. The average molecular weight is 340 g/mol. The van der Waals surface area contributed by atoms with Gasteiger partial charge in [-0.05, 0) is 42.5 Å². The van der Waals surface area contributed by atoms with Crippen LogP contribution < -0.4 is 9.47 Å². The van der Waals surface area contributed by atoms with Crippen LogP contribution in [0, 0.1) is 0 Å². The molecule has 118 valence electrons. The van der Waals surface area contributed by atoms with Gasteiger partial charge in [-0.1, -0.05) is 6.42 Å². The summed E-state index contributed by atoms with van der Waals surface area (Å²) in [5, 5.41) is 2.04. The molecule has 7 heteroatoms. The second kappa shape index (κ2) is 6.89. The number of methoxy groups -OCH3 is 2. The highest BCUT2D eigenvalue weighted by atomic mass is 35.5. The van der Waals surface area contributed by atoms with Gasteiger partial charge < -0.3 is 9.47 Å². The van der Waals surface area contributed by atoms with E-state index >= 15 is 0 Å². The number of rotatable bonds is 4. The number of ether oxygens (including phenoxy) is 2. The van der Waals surface area contributed by atoms with Crippen molar-refractivity contribution in [3.8, 4) is 11.5 Å². The fraction of sp³-hybridized carbons (Fsp3) is 0.467. The average Bonchev–Trinajstić information content (AvgIpc) is 2.54. The van der Waals surface area contributed by atoms with Crippen molar-refractivity contribution in [1.29, 1.82) is 0 Å². The molecule has 22 heavy (non-hydrogen) atoms. The van der Waals surface area contributed by atoms with Crippen LogP contribution in [0.15, 0.2) is 17.2 Å². The van der Waals surface area contributed by atoms with E-state index in [2.05, 4.69) is 14.3 Å². The van der Waals surface area contributed by atoms with Gasteiger partial charge in [-0.25, -0.2) is 14.3 Å². The van der Waals surface area contributed by atoms with Crippen molar-refractivity contribution < 1.29 is 9.47 Å². The lowest BCUT2D eigenvalue weighted by molar-refractivity contribution is 0.355. The quantitative estimate of drug-likeness (QED) is 0.480. The number of fused-ring (bicyclic) bond motifs is 1. The van der Waals surface area contributed by atoms with Crippen LogP contribution in [0.4, 0.5) is 0 Å². The highest BCUT2D eigenvalue weighted by molar-refractivity contribution is 7.97. The molecule has 0 atom stereocenters. The van der Waals surface area contributed by atoms with Crippen molar-refractivity contribution in [1.82, 2.24) is 14.3 Å². The molecule has 0 radical (unpaired) electrons. The molecular weight excluding hydrogens is 322 g/mol. The standard InChI is InChI=1S/C15H18ClN3O2S/c1-20-12-8-10-11(9-13(12)21-2)17-15(16)18-14(10)22-19-6-4-3-5-7-19/h8-9H,3-7H2,1-2H3. The van der Waals surface area contributed by atoms with Crippen LogP contribution in [0.25, 0.3) is 10.9 Å². The Kier molecular flexibility index (Phi) is 4.90. The molecule has 0 aliphatic carbocycles. The van der Waals surface area contributed by atoms with Crippen LogP contribution in [-0.4, -0.2) is 41.6 Å². The van der Waals surface area contributed by atoms with Gasteiger partial charge in [0.05, 0.1) is 19.7 Å². The number of halogens is 1. The summed E-state index contributed by atoms with van der Waals surface area (Å²) in [7, 11) is 3.23. The summed E-state index contributed by atoms with van der Waals surface area (Å²) in [6, 6.07) is 3.75. The van der Waals surface area contributed by atoms with Crippen LogP contribution in [0.2, 0.25) is 5.28 Å². The maximum atomic E-state index is 6.08. The Morgan fingerprint density at radius 1 is 1.05 bits per heavy atom. The molecular formula is C15H18ClN3O2S. The summed E-state index contributed by atoms with van der Waals surface area (Å²) in [4.78, 5) is 8.71. The minimum atomic E-state index is 0.249. The first-order valence-corrected chi connectivity index (χ1v) is 8.38. The molecule has 5 nitrogen and oxygen atoms in total. The highest BCUT2D eigenvalue weighted by Crippen LogP contribution is 2.37. The molecule has 0 unspecified atom stereocenters. The number of hydrogen-bond acceptors (Lipinski definition) is 6. The van der Waals surface area contributed by atoms with Gasteiger partial charge in [-0.2, -0.15) is 0 Å². The zero-order chi connectivity index (χ0) is 15.5. The molecule has 1 aliphatic rings. The zero-order valence-electron chi connectivity index (χ0n) is 12.6. The fourth-order valence-electron chi connectivity index (χ4n) is 2.55. The molecule has 1 aromatic carbocycles. The highest BCUT2D eigenvalue weighted by Gasteiger charge is 2.17. The minimum Gasteiger partial charge on any atom is -0.493 e. The molecule has 2 heterocycles. The van der Waals surface area contributed by atoms with E-state index in [9.17, 15) is 0 Å². The van der Waals surface area contributed by atoms with E-state index in [4.69, 9.17) is 21.1 Å². The molecule has 2 aromatic rings. The van der Waals surface area contributed by atoms with Gasteiger partial charge in [0.15, 0.2) is 11.5 Å². The summed E-state index contributed by atoms with van der Waals surface area (Å²) in [6.07, 6.45) is 3.75. The molecule has 0 N–H and O–H groups in total. The lowest BCUT2D eigenvalue weighted by Crippen LogP contribution is -2.23. The predicted octanol–water partition coefficient (Wildman–Crippen LogP) is 3.79. The van der Waals surface area contributed by atoms with Gasteiger partial charge in [0, 0.05) is 24.5 Å². The summed E-state index contributed by atoms with van der Waals surface area (Å²) >= 11 is 7.73. The third kappa shape index (κ3) is 3.24. The van der Waals surface area contributed by atoms with Gasteiger partial charge in [-0.15, -0.1) is 0 Å². The number of piperidine rings is 1. The van der Waals surface area contributed by atoms with Crippen LogP contribution in [0.5, 0.6) is 11.5 Å². The zero-order valence-corrected chi connectivity index (χ0v) is 14.2. The Balaban J connectivity index is 2.03. The molecule has 1 saturated heterocycles. The van der Waals surface area contributed by atoms with Crippen molar-refractivity contribution in [3.63, 3.8) is 0 Å². The summed E-state index contributed by atoms with van der Waals surface area (Å²) < 4.78 is 13.0. The van der Waals surface area contributed by atoms with E-state index in [1.165, 1.54) is 19.3 Å². The number of benzene rings is 1. The number of nitrogens with zero attached hydrogens (tertiary/aromatic N) is 3. The second-order valence-electron chi connectivity index (χ2n) is 5.10. The summed E-state index contributed by atoms with van der Waals surface area (Å²) in [6.45, 7) is 2.14. The summed E-state index contributed by atoms with van der Waals surface area (Å²) in [5.41, 5.74) is 0.761. The maximum Gasteiger partial charge on any atom is 0.224 e. The Bertz CT molecular complexity index is 677. The number of aromatic nitrogens is 2. The fourth-order valence-corrected chi connectivity index (χ4v) is 3.85. The van der Waals surface area contributed by atoms with Crippen LogP contribution in [0.3, 0.4) is 0 Å². The third-order valence-corrected chi connectivity index (χ3v) is 4.95. The lowest BCUT2D eigenvalue weighted by atomic mass is 10.2. The van der Waals surface area contributed by atoms with Gasteiger partial charge >= 0.3 is 0 Å². The Hall–Kier alpha value is -1.24. The van der Waals surface area contributed by atoms with Gasteiger partial charge in [0.25, 0.3) is 0 Å². The minimum absolute atomic E-state index is 0.249. The van der Waals surface area contributed by atoms with Gasteiger partial charge in [0.1, 0.15) is 5.03 Å². The molecule has 0 spiro atoms.